The van der Waals surface area contributed by atoms with Gasteiger partial charge < -0.3 is 25.2 Å². The normalized spacial score (nSPS) is 48.8. The molecule has 4 atom stereocenters. The number of aliphatic hydroxyl groups excluding tert-OH is 3. The number of carbonyl (C=O) groups is 1. The Kier molecular flexibility index (Phi) is 2.45. The molecule has 12 heavy (non-hydrogen) atoms. The van der Waals surface area contributed by atoms with Crippen LogP contribution in [0.3, 0.4) is 0 Å². The van der Waals surface area contributed by atoms with E-state index < -0.39 is 30.7 Å². The van der Waals surface area contributed by atoms with E-state index in [1.165, 1.54) is 0 Å². The summed E-state index contributed by atoms with van der Waals surface area (Å²) in [6.45, 7) is -0.395. The smallest absolute Gasteiger partial charge is 0.253 e. The second-order valence-electron chi connectivity index (χ2n) is 2.68. The van der Waals surface area contributed by atoms with Crippen LogP contribution in [-0.2, 0) is 9.53 Å². The summed E-state index contributed by atoms with van der Waals surface area (Å²) in [4.78, 5) is 10.2. The lowest BCUT2D eigenvalue weighted by Gasteiger charge is -2.37. The van der Waals surface area contributed by atoms with Gasteiger partial charge in [-0.2, -0.15) is 0 Å². The van der Waals surface area contributed by atoms with Gasteiger partial charge in [0.15, 0.2) is 6.29 Å². The minimum absolute atomic E-state index is 0.0211. The molecule has 0 aromatic rings. The predicted molar refractivity (Wildman–Crippen MR) is 35.0 cm³/mol. The van der Waals surface area contributed by atoms with Crippen LogP contribution in [0.4, 0.5) is 0 Å². The summed E-state index contributed by atoms with van der Waals surface area (Å²) in [5, 5.41) is 36.1. The highest BCUT2D eigenvalue weighted by atomic mass is 16.7. The van der Waals surface area contributed by atoms with Gasteiger partial charge in [-0.1, -0.05) is 0 Å². The Morgan fingerprint density at radius 1 is 1.42 bits per heavy atom. The van der Waals surface area contributed by atoms with Crippen LogP contribution in [0.1, 0.15) is 0 Å². The zero-order chi connectivity index (χ0) is 9.35. The van der Waals surface area contributed by atoms with Gasteiger partial charge >= 0.3 is 0 Å². The molecule has 4 N–H and O–H groups in total. The van der Waals surface area contributed by atoms with Crippen LogP contribution in [0, 0.1) is 0 Å². The molecule has 1 fully saturated rings. The molecule has 0 saturated carbocycles. The number of ether oxygens (including phenoxy) is 1. The lowest BCUT2D eigenvalue weighted by atomic mass is 9.98. The molecule has 6 nitrogen and oxygen atoms in total. The van der Waals surface area contributed by atoms with E-state index >= 15 is 0 Å². The van der Waals surface area contributed by atoms with Crippen LogP contribution in [0.5, 0.6) is 0 Å². The van der Waals surface area contributed by atoms with Gasteiger partial charge in [-0.05, 0) is 0 Å². The molecular weight excluding hydrogens is 168 g/mol. The van der Waals surface area contributed by atoms with E-state index in [0.29, 0.717) is 0 Å². The number of hydrogen-bond acceptors (Lipinski definition) is 6. The molecule has 0 aromatic heterocycles. The van der Waals surface area contributed by atoms with E-state index in [1.807, 2.05) is 0 Å². The number of aldehydes is 1. The topological polar surface area (TPSA) is 107 Å². The summed E-state index contributed by atoms with van der Waals surface area (Å²) in [6.07, 6.45) is -4.71. The van der Waals surface area contributed by atoms with Crippen molar-refractivity contribution < 1.29 is 30.0 Å². The zero-order valence-electron chi connectivity index (χ0n) is 6.12. The van der Waals surface area contributed by atoms with Crippen molar-refractivity contribution in [2.45, 2.75) is 24.1 Å². The third kappa shape index (κ3) is 1.35. The summed E-state index contributed by atoms with van der Waals surface area (Å²) in [5.74, 6) is -2.40. The fourth-order valence-corrected chi connectivity index (χ4v) is 0.962. The Labute approximate surface area is 68.0 Å². The average molecular weight is 178 g/mol. The maximum atomic E-state index is 10.2. The van der Waals surface area contributed by atoms with Crippen molar-refractivity contribution in [2.24, 2.45) is 0 Å². The van der Waals surface area contributed by atoms with E-state index in [0.717, 1.165) is 0 Å². The van der Waals surface area contributed by atoms with Gasteiger partial charge in [0.2, 0.25) is 0 Å². The number of aliphatic hydroxyl groups is 4. The summed E-state index contributed by atoms with van der Waals surface area (Å²) in [5.41, 5.74) is 0. The van der Waals surface area contributed by atoms with E-state index in [4.69, 9.17) is 20.4 Å². The minimum atomic E-state index is -2.40. The fraction of sp³-hybridized carbons (Fsp3) is 0.833. The zero-order valence-corrected chi connectivity index (χ0v) is 6.12. The summed E-state index contributed by atoms with van der Waals surface area (Å²) in [6, 6.07) is 0. The quantitative estimate of drug-likeness (QED) is 0.318. The van der Waals surface area contributed by atoms with Crippen molar-refractivity contribution in [1.29, 1.82) is 0 Å². The Hall–Kier alpha value is -0.530. The molecule has 1 saturated heterocycles. The predicted octanol–water partition coefficient (Wildman–Crippen LogP) is -3.01. The van der Waals surface area contributed by atoms with Crippen molar-refractivity contribution in [2.75, 3.05) is 6.61 Å². The monoisotopic (exact) mass is 178 g/mol. The standard InChI is InChI=1S/C6H10O6/c7-2-6(11)5(10)4(9)3(8)1-12-6/h2-5,8-11H,1H2. The molecule has 1 rings (SSSR count). The van der Waals surface area contributed by atoms with E-state index in [2.05, 4.69) is 4.74 Å². The summed E-state index contributed by atoms with van der Waals surface area (Å²) < 4.78 is 4.44. The molecule has 0 spiro atoms. The van der Waals surface area contributed by atoms with Crippen LogP contribution in [0.2, 0.25) is 0 Å². The third-order valence-corrected chi connectivity index (χ3v) is 1.80. The highest BCUT2D eigenvalue weighted by molar-refractivity contribution is 5.61. The fourth-order valence-electron chi connectivity index (χ4n) is 0.962. The van der Waals surface area contributed by atoms with E-state index in [-0.39, 0.29) is 6.29 Å². The first-order valence-corrected chi connectivity index (χ1v) is 3.38. The van der Waals surface area contributed by atoms with Crippen LogP contribution in [0.15, 0.2) is 0 Å². The van der Waals surface area contributed by atoms with Crippen molar-refractivity contribution in [1.82, 2.24) is 0 Å². The molecule has 0 bridgehead atoms. The summed E-state index contributed by atoms with van der Waals surface area (Å²) in [7, 11) is 0. The lowest BCUT2D eigenvalue weighted by Crippen LogP contribution is -2.61. The Morgan fingerprint density at radius 2 is 2.00 bits per heavy atom. The van der Waals surface area contributed by atoms with E-state index in [1.54, 1.807) is 0 Å². The molecule has 1 aliphatic heterocycles. The molecule has 0 aliphatic carbocycles. The molecule has 0 aromatic carbocycles. The maximum absolute atomic E-state index is 10.2. The van der Waals surface area contributed by atoms with Gasteiger partial charge in [0.25, 0.3) is 5.79 Å². The van der Waals surface area contributed by atoms with Crippen LogP contribution >= 0.6 is 0 Å². The van der Waals surface area contributed by atoms with Gasteiger partial charge in [-0.15, -0.1) is 0 Å². The Balaban J connectivity index is 2.77. The first-order valence-electron chi connectivity index (χ1n) is 3.38. The van der Waals surface area contributed by atoms with Gasteiger partial charge in [-0.3, -0.25) is 4.79 Å². The summed E-state index contributed by atoms with van der Waals surface area (Å²) >= 11 is 0. The molecule has 0 amide bonds. The molecule has 6 heteroatoms. The number of hydrogen-bond donors (Lipinski definition) is 4. The van der Waals surface area contributed by atoms with Crippen LogP contribution < -0.4 is 0 Å². The second-order valence-corrected chi connectivity index (χ2v) is 2.68. The minimum Gasteiger partial charge on any atom is -0.388 e. The van der Waals surface area contributed by atoms with Gasteiger partial charge in [0, 0.05) is 0 Å². The highest BCUT2D eigenvalue weighted by Gasteiger charge is 2.48. The van der Waals surface area contributed by atoms with Gasteiger partial charge in [0.05, 0.1) is 6.61 Å². The highest BCUT2D eigenvalue weighted by Crippen LogP contribution is 2.21. The molecule has 1 heterocycles. The number of rotatable bonds is 1. The van der Waals surface area contributed by atoms with Crippen LogP contribution in [0.25, 0.3) is 0 Å². The first-order chi connectivity index (χ1) is 5.51. The molecule has 1 aliphatic rings. The molecule has 4 unspecified atom stereocenters. The Bertz CT molecular complexity index is 183. The molecule has 70 valence electrons. The first kappa shape index (κ1) is 9.56. The van der Waals surface area contributed by atoms with Crippen molar-refractivity contribution >= 4 is 6.29 Å². The SMILES string of the molecule is O=CC1(O)OCC(O)C(O)C1O. The van der Waals surface area contributed by atoms with E-state index in [9.17, 15) is 4.79 Å². The largest absolute Gasteiger partial charge is 0.388 e. The van der Waals surface area contributed by atoms with Crippen molar-refractivity contribution in [3.05, 3.63) is 0 Å². The lowest BCUT2D eigenvalue weighted by molar-refractivity contribution is -0.297. The van der Waals surface area contributed by atoms with Crippen LogP contribution in [-0.4, -0.2) is 57.4 Å². The van der Waals surface area contributed by atoms with Crippen molar-refractivity contribution in [3.63, 3.8) is 0 Å². The van der Waals surface area contributed by atoms with Gasteiger partial charge in [-0.25, -0.2) is 0 Å². The van der Waals surface area contributed by atoms with Gasteiger partial charge in [0.1, 0.15) is 18.3 Å². The average Bonchev–Trinajstić information content (AvgIpc) is 2.09. The number of carbonyl (C=O) groups excluding carboxylic acids is 1. The maximum Gasteiger partial charge on any atom is 0.253 e. The Morgan fingerprint density at radius 3 is 2.50 bits per heavy atom. The molecular formula is C6H10O6. The molecule has 0 radical (unpaired) electrons. The third-order valence-electron chi connectivity index (χ3n) is 1.80. The second kappa shape index (κ2) is 3.08. The van der Waals surface area contributed by atoms with Crippen molar-refractivity contribution in [3.8, 4) is 0 Å².